The van der Waals surface area contributed by atoms with Crippen LogP contribution in [0.5, 0.6) is 0 Å². The van der Waals surface area contributed by atoms with E-state index in [0.29, 0.717) is 0 Å². The van der Waals surface area contributed by atoms with Crippen LogP contribution in [0.25, 0.3) is 22.4 Å². The molecule has 4 rings (SSSR count). The van der Waals surface area contributed by atoms with Crippen LogP contribution in [0.15, 0.2) is 66.0 Å². The largest absolute Gasteiger partial charge is 0.383 e. The molecule has 0 spiro atoms. The van der Waals surface area contributed by atoms with Gasteiger partial charge < -0.3 is 10.1 Å². The summed E-state index contributed by atoms with van der Waals surface area (Å²) in [5.74, 6) is 0.846. The molecule has 0 bridgehead atoms. The quantitative estimate of drug-likeness (QED) is 0.590. The first-order valence-corrected chi connectivity index (χ1v) is 7.96. The minimum Gasteiger partial charge on any atom is -0.383 e. The van der Waals surface area contributed by atoms with Gasteiger partial charge in [-0.2, -0.15) is 0 Å². The van der Waals surface area contributed by atoms with E-state index in [2.05, 4.69) is 9.97 Å². The van der Waals surface area contributed by atoms with Gasteiger partial charge in [0, 0.05) is 10.4 Å². The number of nitrogens with one attached hydrogen (secondary N) is 1. The Balaban J connectivity index is 1.75. The first-order chi connectivity index (χ1) is 10.8. The lowest BCUT2D eigenvalue weighted by molar-refractivity contribution is 0.224. The number of imidazole rings is 1. The van der Waals surface area contributed by atoms with E-state index >= 15 is 0 Å². The summed E-state index contributed by atoms with van der Waals surface area (Å²) < 4.78 is 0. The monoisotopic (exact) mass is 306 g/mol. The maximum absolute atomic E-state index is 10.4. The third kappa shape index (κ3) is 2.32. The number of aliphatic hydroxyl groups is 1. The highest BCUT2D eigenvalue weighted by Gasteiger charge is 2.13. The van der Waals surface area contributed by atoms with E-state index in [1.54, 1.807) is 11.3 Å². The molecule has 0 aliphatic rings. The topological polar surface area (TPSA) is 48.9 Å². The van der Waals surface area contributed by atoms with Crippen molar-refractivity contribution in [2.45, 2.75) is 6.10 Å². The molecule has 2 N–H and O–H groups in total. The third-order valence-corrected chi connectivity index (χ3v) is 4.61. The van der Waals surface area contributed by atoms with Gasteiger partial charge in [0.2, 0.25) is 0 Å². The smallest absolute Gasteiger partial charge is 0.138 e. The number of benzene rings is 2. The van der Waals surface area contributed by atoms with Crippen molar-refractivity contribution in [3.63, 3.8) is 0 Å². The van der Waals surface area contributed by atoms with Crippen molar-refractivity contribution < 1.29 is 5.11 Å². The molecule has 22 heavy (non-hydrogen) atoms. The standard InChI is InChI=1S/C18H14N2OS/c21-17(16-7-4-10-22-16)13-8-9-14-15(11-13)20-18(19-14)12-5-2-1-3-6-12/h1-11,17,21H,(H,19,20). The first kappa shape index (κ1) is 13.2. The van der Waals surface area contributed by atoms with Crippen molar-refractivity contribution in [3.8, 4) is 11.4 Å². The maximum Gasteiger partial charge on any atom is 0.138 e. The van der Waals surface area contributed by atoms with Crippen molar-refractivity contribution >= 4 is 22.4 Å². The van der Waals surface area contributed by atoms with Gasteiger partial charge in [-0.3, -0.25) is 0 Å². The van der Waals surface area contributed by atoms with Crippen molar-refractivity contribution in [2.24, 2.45) is 0 Å². The minimum atomic E-state index is -0.590. The Kier molecular flexibility index (Phi) is 3.25. The summed E-state index contributed by atoms with van der Waals surface area (Å²) in [6.07, 6.45) is -0.590. The van der Waals surface area contributed by atoms with Gasteiger partial charge in [-0.25, -0.2) is 4.98 Å². The van der Waals surface area contributed by atoms with Crippen LogP contribution in [0.1, 0.15) is 16.5 Å². The van der Waals surface area contributed by atoms with Gasteiger partial charge in [-0.15, -0.1) is 11.3 Å². The average Bonchev–Trinajstić information content (AvgIpc) is 3.23. The van der Waals surface area contributed by atoms with E-state index in [1.807, 2.05) is 66.0 Å². The SMILES string of the molecule is OC(c1ccc2nc(-c3ccccc3)[nH]c2c1)c1cccs1. The van der Waals surface area contributed by atoms with E-state index in [-0.39, 0.29) is 0 Å². The second kappa shape index (κ2) is 5.40. The number of aliphatic hydroxyl groups excluding tert-OH is 1. The molecular formula is C18H14N2OS. The zero-order valence-electron chi connectivity index (χ0n) is 11.7. The van der Waals surface area contributed by atoms with Crippen LogP contribution in [-0.2, 0) is 0 Å². The van der Waals surface area contributed by atoms with Crippen molar-refractivity contribution in [1.29, 1.82) is 0 Å². The number of H-pyrrole nitrogens is 1. The van der Waals surface area contributed by atoms with E-state index in [1.165, 1.54) is 0 Å². The number of aromatic amines is 1. The summed E-state index contributed by atoms with van der Waals surface area (Å²) in [6.45, 7) is 0. The van der Waals surface area contributed by atoms with Crippen LogP contribution in [0.4, 0.5) is 0 Å². The number of thiophene rings is 1. The summed E-state index contributed by atoms with van der Waals surface area (Å²) in [5.41, 5.74) is 3.77. The van der Waals surface area contributed by atoms with Crippen molar-refractivity contribution in [1.82, 2.24) is 9.97 Å². The van der Waals surface area contributed by atoms with E-state index in [0.717, 1.165) is 32.9 Å². The molecule has 0 aliphatic heterocycles. The van der Waals surface area contributed by atoms with Gasteiger partial charge in [0.1, 0.15) is 11.9 Å². The number of aromatic nitrogens is 2. The molecule has 0 amide bonds. The fraction of sp³-hybridized carbons (Fsp3) is 0.0556. The van der Waals surface area contributed by atoms with Gasteiger partial charge in [-0.1, -0.05) is 42.5 Å². The lowest BCUT2D eigenvalue weighted by Gasteiger charge is -2.08. The number of rotatable bonds is 3. The summed E-state index contributed by atoms with van der Waals surface area (Å²) in [7, 11) is 0. The molecule has 2 heterocycles. The molecule has 0 fully saturated rings. The highest BCUT2D eigenvalue weighted by molar-refractivity contribution is 7.10. The van der Waals surface area contributed by atoms with Crippen LogP contribution >= 0.6 is 11.3 Å². The lowest BCUT2D eigenvalue weighted by Crippen LogP contribution is -1.96. The fourth-order valence-electron chi connectivity index (χ4n) is 2.54. The molecule has 0 radical (unpaired) electrons. The summed E-state index contributed by atoms with van der Waals surface area (Å²) in [6, 6.07) is 19.8. The number of fused-ring (bicyclic) bond motifs is 1. The fourth-order valence-corrected chi connectivity index (χ4v) is 3.28. The minimum absolute atomic E-state index is 0.590. The van der Waals surface area contributed by atoms with Crippen LogP contribution in [-0.4, -0.2) is 15.1 Å². The second-order valence-electron chi connectivity index (χ2n) is 5.15. The summed E-state index contributed by atoms with van der Waals surface area (Å²) >= 11 is 1.56. The van der Waals surface area contributed by atoms with Gasteiger partial charge >= 0.3 is 0 Å². The Labute approximate surface area is 131 Å². The molecule has 4 aromatic rings. The molecule has 0 aliphatic carbocycles. The van der Waals surface area contributed by atoms with E-state index in [4.69, 9.17) is 0 Å². The van der Waals surface area contributed by atoms with Crippen LogP contribution < -0.4 is 0 Å². The summed E-state index contributed by atoms with van der Waals surface area (Å²) in [4.78, 5) is 8.89. The molecule has 1 unspecified atom stereocenters. The highest BCUT2D eigenvalue weighted by atomic mass is 32.1. The normalized spacial score (nSPS) is 12.6. The Morgan fingerprint density at radius 3 is 2.64 bits per heavy atom. The molecule has 108 valence electrons. The van der Waals surface area contributed by atoms with Gasteiger partial charge in [0.25, 0.3) is 0 Å². The molecule has 1 atom stereocenters. The summed E-state index contributed by atoms with van der Waals surface area (Å²) in [5, 5.41) is 12.4. The molecule has 4 heteroatoms. The van der Waals surface area contributed by atoms with Crippen molar-refractivity contribution in [2.75, 3.05) is 0 Å². The molecule has 0 saturated carbocycles. The Morgan fingerprint density at radius 2 is 1.86 bits per heavy atom. The molecule has 3 nitrogen and oxygen atoms in total. The Bertz CT molecular complexity index is 897. The van der Waals surface area contributed by atoms with Crippen LogP contribution in [0.3, 0.4) is 0 Å². The van der Waals surface area contributed by atoms with E-state index < -0.39 is 6.10 Å². The predicted octanol–water partition coefficient (Wildman–Crippen LogP) is 4.37. The number of hydrogen-bond donors (Lipinski definition) is 2. The van der Waals surface area contributed by atoms with Crippen molar-refractivity contribution in [3.05, 3.63) is 76.5 Å². The molecule has 0 saturated heterocycles. The van der Waals surface area contributed by atoms with Gasteiger partial charge in [-0.05, 0) is 29.1 Å². The average molecular weight is 306 g/mol. The zero-order chi connectivity index (χ0) is 14.9. The van der Waals surface area contributed by atoms with Crippen LogP contribution in [0.2, 0.25) is 0 Å². The number of hydrogen-bond acceptors (Lipinski definition) is 3. The van der Waals surface area contributed by atoms with E-state index in [9.17, 15) is 5.11 Å². The third-order valence-electron chi connectivity index (χ3n) is 3.68. The predicted molar refractivity (Wildman–Crippen MR) is 89.9 cm³/mol. The Morgan fingerprint density at radius 1 is 1.00 bits per heavy atom. The number of nitrogens with zero attached hydrogens (tertiary/aromatic N) is 1. The molecule has 2 aromatic heterocycles. The lowest BCUT2D eigenvalue weighted by atomic mass is 10.1. The van der Waals surface area contributed by atoms with Gasteiger partial charge in [0.15, 0.2) is 0 Å². The first-order valence-electron chi connectivity index (χ1n) is 7.08. The van der Waals surface area contributed by atoms with Crippen LogP contribution in [0, 0.1) is 0 Å². The molecular weight excluding hydrogens is 292 g/mol. The maximum atomic E-state index is 10.4. The zero-order valence-corrected chi connectivity index (χ0v) is 12.5. The van der Waals surface area contributed by atoms with Gasteiger partial charge in [0.05, 0.1) is 11.0 Å². The Hall–Kier alpha value is -2.43. The molecule has 2 aromatic carbocycles. The highest BCUT2D eigenvalue weighted by Crippen LogP contribution is 2.28. The second-order valence-corrected chi connectivity index (χ2v) is 6.13.